The SMILES string of the molecule is Cc1cc(C2=CN=C3c4ccccc4C(=O)N[NH+]23)no1. The summed E-state index contributed by atoms with van der Waals surface area (Å²) in [6.45, 7) is 1.83. The summed E-state index contributed by atoms with van der Waals surface area (Å²) in [6.07, 6.45) is 1.71. The number of hydrogen-bond acceptors (Lipinski definition) is 4. The van der Waals surface area contributed by atoms with Gasteiger partial charge in [-0.05, 0) is 19.1 Å². The molecule has 1 unspecified atom stereocenters. The lowest BCUT2D eigenvalue weighted by atomic mass is 10.0. The summed E-state index contributed by atoms with van der Waals surface area (Å²) in [5.74, 6) is 1.37. The average molecular weight is 267 g/mol. The highest BCUT2D eigenvalue weighted by Crippen LogP contribution is 2.17. The predicted molar refractivity (Wildman–Crippen MR) is 70.6 cm³/mol. The second-order valence-electron chi connectivity index (χ2n) is 4.72. The quantitative estimate of drug-likeness (QED) is 0.780. The van der Waals surface area contributed by atoms with Crippen LogP contribution in [0.15, 0.2) is 46.0 Å². The van der Waals surface area contributed by atoms with Gasteiger partial charge in [0.05, 0.1) is 17.3 Å². The Labute approximate surface area is 114 Å². The van der Waals surface area contributed by atoms with E-state index in [1.54, 1.807) is 12.3 Å². The maximum absolute atomic E-state index is 12.2. The number of amidine groups is 1. The summed E-state index contributed by atoms with van der Waals surface area (Å²) < 4.78 is 5.09. The number of benzene rings is 1. The lowest BCUT2D eigenvalue weighted by molar-refractivity contribution is -0.764. The van der Waals surface area contributed by atoms with Crippen molar-refractivity contribution < 1.29 is 14.3 Å². The molecule has 20 heavy (non-hydrogen) atoms. The van der Waals surface area contributed by atoms with E-state index in [0.29, 0.717) is 16.3 Å². The summed E-state index contributed by atoms with van der Waals surface area (Å²) >= 11 is 0. The Kier molecular flexibility index (Phi) is 2.16. The molecular formula is C14H11N4O2+. The molecule has 6 heteroatoms. The Bertz CT molecular complexity index is 788. The summed E-state index contributed by atoms with van der Waals surface area (Å²) in [6, 6.07) is 9.26. The van der Waals surface area contributed by atoms with Crippen LogP contribution in [-0.2, 0) is 0 Å². The molecule has 2 aliphatic heterocycles. The van der Waals surface area contributed by atoms with Gasteiger partial charge >= 0.3 is 0 Å². The minimum atomic E-state index is -0.123. The van der Waals surface area contributed by atoms with Gasteiger partial charge in [0, 0.05) is 6.07 Å². The molecule has 1 aromatic heterocycles. The van der Waals surface area contributed by atoms with Crippen LogP contribution in [0.2, 0.25) is 0 Å². The van der Waals surface area contributed by atoms with Crippen molar-refractivity contribution in [2.45, 2.75) is 6.92 Å². The molecule has 4 rings (SSSR count). The van der Waals surface area contributed by atoms with Crippen LogP contribution in [0.1, 0.15) is 27.4 Å². The molecule has 0 aliphatic carbocycles. The zero-order valence-electron chi connectivity index (χ0n) is 10.7. The highest BCUT2D eigenvalue weighted by molar-refractivity contribution is 6.10. The van der Waals surface area contributed by atoms with E-state index >= 15 is 0 Å². The van der Waals surface area contributed by atoms with Crippen molar-refractivity contribution in [1.82, 2.24) is 10.6 Å². The van der Waals surface area contributed by atoms with Gasteiger partial charge in [0.2, 0.25) is 5.70 Å². The van der Waals surface area contributed by atoms with Gasteiger partial charge in [-0.25, -0.2) is 0 Å². The van der Waals surface area contributed by atoms with E-state index in [2.05, 4.69) is 15.6 Å². The first kappa shape index (κ1) is 11.1. The molecule has 1 atom stereocenters. The summed E-state index contributed by atoms with van der Waals surface area (Å²) in [4.78, 5) is 16.6. The van der Waals surface area contributed by atoms with Crippen LogP contribution in [0.4, 0.5) is 0 Å². The van der Waals surface area contributed by atoms with E-state index in [1.807, 2.05) is 31.2 Å². The smallest absolute Gasteiger partial charge is 0.297 e. The molecule has 6 nitrogen and oxygen atoms in total. The fraction of sp³-hybridized carbons (Fsp3) is 0.0714. The van der Waals surface area contributed by atoms with Gasteiger partial charge in [-0.1, -0.05) is 17.3 Å². The molecular weight excluding hydrogens is 256 g/mol. The number of nitrogens with zero attached hydrogens (tertiary/aromatic N) is 2. The third kappa shape index (κ3) is 1.45. The number of aromatic nitrogens is 1. The number of fused-ring (bicyclic) bond motifs is 3. The molecule has 2 aliphatic rings. The number of aryl methyl sites for hydroxylation is 1. The Morgan fingerprint density at radius 1 is 1.25 bits per heavy atom. The minimum Gasteiger partial charge on any atom is -0.361 e. The molecule has 1 amide bonds. The molecule has 0 spiro atoms. The molecule has 98 valence electrons. The van der Waals surface area contributed by atoms with Crippen molar-refractivity contribution in [1.29, 1.82) is 0 Å². The monoisotopic (exact) mass is 267 g/mol. The predicted octanol–water partition coefficient (Wildman–Crippen LogP) is 0.285. The number of rotatable bonds is 1. The van der Waals surface area contributed by atoms with Crippen molar-refractivity contribution in [2.24, 2.45) is 4.99 Å². The highest BCUT2D eigenvalue weighted by Gasteiger charge is 2.39. The number of aliphatic imine (C=N–C) groups is 1. The zero-order valence-corrected chi connectivity index (χ0v) is 10.7. The Morgan fingerprint density at radius 3 is 2.80 bits per heavy atom. The van der Waals surface area contributed by atoms with E-state index in [4.69, 9.17) is 4.52 Å². The maximum Gasteiger partial charge on any atom is 0.297 e. The molecule has 0 bridgehead atoms. The van der Waals surface area contributed by atoms with E-state index in [9.17, 15) is 4.79 Å². The van der Waals surface area contributed by atoms with Gasteiger partial charge in [-0.3, -0.25) is 4.79 Å². The van der Waals surface area contributed by atoms with E-state index < -0.39 is 0 Å². The van der Waals surface area contributed by atoms with Crippen LogP contribution in [0, 0.1) is 6.92 Å². The molecule has 0 radical (unpaired) electrons. The Hall–Kier alpha value is -2.73. The molecule has 0 saturated heterocycles. The first-order valence-electron chi connectivity index (χ1n) is 6.24. The first-order valence-corrected chi connectivity index (χ1v) is 6.24. The molecule has 3 heterocycles. The number of hydrogen-bond donors (Lipinski definition) is 2. The molecule has 0 fully saturated rings. The molecule has 2 aromatic rings. The van der Waals surface area contributed by atoms with Crippen LogP contribution in [0.25, 0.3) is 5.70 Å². The normalized spacial score (nSPS) is 19.9. The van der Waals surface area contributed by atoms with Crippen LogP contribution < -0.4 is 10.4 Å². The van der Waals surface area contributed by atoms with Crippen LogP contribution in [-0.4, -0.2) is 16.9 Å². The fourth-order valence-electron chi connectivity index (χ4n) is 2.47. The van der Waals surface area contributed by atoms with Gasteiger partial charge < -0.3 is 4.52 Å². The van der Waals surface area contributed by atoms with Crippen molar-refractivity contribution in [3.63, 3.8) is 0 Å². The number of quaternary nitrogens is 1. The molecule has 1 aromatic carbocycles. The molecule has 2 N–H and O–H groups in total. The van der Waals surface area contributed by atoms with Gasteiger partial charge in [0.15, 0.2) is 5.69 Å². The Balaban J connectivity index is 1.79. The van der Waals surface area contributed by atoms with Gasteiger partial charge in [0.25, 0.3) is 11.7 Å². The van der Waals surface area contributed by atoms with E-state index in [-0.39, 0.29) is 5.91 Å². The van der Waals surface area contributed by atoms with Crippen molar-refractivity contribution in [3.05, 3.63) is 59.1 Å². The second-order valence-corrected chi connectivity index (χ2v) is 4.72. The van der Waals surface area contributed by atoms with E-state index in [0.717, 1.165) is 22.9 Å². The second kappa shape index (κ2) is 3.88. The highest BCUT2D eigenvalue weighted by atomic mass is 16.5. The fourth-order valence-corrected chi connectivity index (χ4v) is 2.47. The minimum absolute atomic E-state index is 0.123. The summed E-state index contributed by atoms with van der Waals surface area (Å²) in [7, 11) is 0. The van der Waals surface area contributed by atoms with Crippen LogP contribution in [0.5, 0.6) is 0 Å². The van der Waals surface area contributed by atoms with Gasteiger partial charge in [-0.2, -0.15) is 10.4 Å². The third-order valence-electron chi connectivity index (χ3n) is 3.40. The largest absolute Gasteiger partial charge is 0.361 e. The number of amides is 1. The number of carbonyl (C=O) groups is 1. The maximum atomic E-state index is 12.2. The number of nitrogens with one attached hydrogen (secondary N) is 2. The summed E-state index contributed by atoms with van der Waals surface area (Å²) in [5.41, 5.74) is 5.83. The Morgan fingerprint density at radius 2 is 2.05 bits per heavy atom. The van der Waals surface area contributed by atoms with Crippen LogP contribution >= 0.6 is 0 Å². The summed E-state index contributed by atoms with van der Waals surface area (Å²) in [5, 5.41) is 4.68. The van der Waals surface area contributed by atoms with Crippen molar-refractivity contribution in [2.75, 3.05) is 0 Å². The average Bonchev–Trinajstić information content (AvgIpc) is 3.05. The number of carbonyl (C=O) groups excluding carboxylic acids is 1. The zero-order chi connectivity index (χ0) is 13.7. The lowest BCUT2D eigenvalue weighted by Gasteiger charge is -2.22. The van der Waals surface area contributed by atoms with Crippen molar-refractivity contribution in [3.8, 4) is 0 Å². The third-order valence-corrected chi connectivity index (χ3v) is 3.40. The van der Waals surface area contributed by atoms with Crippen molar-refractivity contribution >= 4 is 17.4 Å². The van der Waals surface area contributed by atoms with Gasteiger partial charge in [-0.15, -0.1) is 5.01 Å². The van der Waals surface area contributed by atoms with Crippen LogP contribution in [0.3, 0.4) is 0 Å². The lowest BCUT2D eigenvalue weighted by Crippen LogP contribution is -3.19. The standard InChI is InChI=1S/C14H10N4O2/c1-8-6-11(17-20-8)12-7-15-13-9-4-2-3-5-10(9)14(19)16-18(12)13/h2-7H,1H3,(H,16,19)/p+1. The first-order chi connectivity index (χ1) is 9.74. The molecule has 0 saturated carbocycles. The van der Waals surface area contributed by atoms with E-state index in [1.165, 1.54) is 0 Å². The topological polar surface area (TPSA) is 71.9 Å². The van der Waals surface area contributed by atoms with Gasteiger partial charge in [0.1, 0.15) is 5.76 Å².